The molecule has 1 aliphatic carbocycles. The first kappa shape index (κ1) is 23.0. The third kappa shape index (κ3) is 6.01. The first-order valence-corrected chi connectivity index (χ1v) is 11.4. The van der Waals surface area contributed by atoms with Crippen molar-refractivity contribution in [3.05, 3.63) is 48.2 Å². The van der Waals surface area contributed by atoms with E-state index in [0.717, 1.165) is 29.9 Å². The van der Waals surface area contributed by atoms with Crippen molar-refractivity contribution >= 4 is 5.78 Å². The number of H-pyrrole nitrogens is 1. The molecule has 3 aromatic rings. The number of ether oxygens (including phenoxy) is 1. The largest absolute Gasteiger partial charge is 0.462 e. The molecule has 8 heteroatoms. The molecule has 174 valence electrons. The summed E-state index contributed by atoms with van der Waals surface area (Å²) in [6, 6.07) is 8.34. The van der Waals surface area contributed by atoms with Gasteiger partial charge < -0.3 is 15.0 Å². The number of carbonyl (C=O) groups is 1. The highest BCUT2D eigenvalue weighted by Gasteiger charge is 2.25. The van der Waals surface area contributed by atoms with Crippen molar-refractivity contribution < 1.29 is 13.9 Å². The zero-order valence-corrected chi connectivity index (χ0v) is 19.3. The van der Waals surface area contributed by atoms with Gasteiger partial charge >= 0.3 is 6.01 Å². The molecule has 0 spiro atoms. The summed E-state index contributed by atoms with van der Waals surface area (Å²) < 4.78 is 19.3. The maximum absolute atomic E-state index is 13.5. The van der Waals surface area contributed by atoms with E-state index in [-0.39, 0.29) is 23.3 Å². The average Bonchev–Trinajstić information content (AvgIpc) is 3.23. The maximum Gasteiger partial charge on any atom is 0.316 e. The van der Waals surface area contributed by atoms with E-state index in [9.17, 15) is 9.18 Å². The molecule has 2 aromatic heterocycles. The van der Waals surface area contributed by atoms with Gasteiger partial charge in [0.05, 0.1) is 17.1 Å². The predicted molar refractivity (Wildman–Crippen MR) is 124 cm³/mol. The van der Waals surface area contributed by atoms with E-state index in [1.54, 1.807) is 24.4 Å². The monoisotopic (exact) mass is 451 g/mol. The highest BCUT2D eigenvalue weighted by Crippen LogP contribution is 2.35. The fourth-order valence-corrected chi connectivity index (χ4v) is 3.92. The Morgan fingerprint density at radius 2 is 1.85 bits per heavy atom. The summed E-state index contributed by atoms with van der Waals surface area (Å²) >= 11 is 0. The number of rotatable bonds is 7. The fraction of sp³-hybridized carbons (Fsp3) is 0.440. The molecule has 1 aliphatic rings. The van der Waals surface area contributed by atoms with Gasteiger partial charge in [-0.3, -0.25) is 4.79 Å². The summed E-state index contributed by atoms with van der Waals surface area (Å²) in [6.45, 7) is 7.40. The molecular formula is C25H30FN5O2. The Balaban J connectivity index is 1.61. The standard InChI is InChI=1S/C25H30FN5O2/c1-25(2,3)28-14-15-33-24-27-13-12-20(29-24)22-21(16-4-8-18(26)9-5-16)30-23(31-22)17-6-10-19(32)11-7-17/h4-5,8-9,12-13,17,28H,6-7,10-11,14-15H2,1-3H3,(H,30,31). The smallest absolute Gasteiger partial charge is 0.316 e. The molecule has 33 heavy (non-hydrogen) atoms. The number of halogens is 1. The van der Waals surface area contributed by atoms with Gasteiger partial charge in [-0.05, 0) is 63.9 Å². The van der Waals surface area contributed by atoms with Crippen molar-refractivity contribution in [1.82, 2.24) is 25.3 Å². The molecule has 0 aliphatic heterocycles. The molecular weight excluding hydrogens is 421 g/mol. The lowest BCUT2D eigenvalue weighted by Gasteiger charge is -2.20. The number of benzene rings is 1. The Hall–Kier alpha value is -3.13. The number of aromatic nitrogens is 4. The molecule has 4 rings (SSSR count). The summed E-state index contributed by atoms with van der Waals surface area (Å²) in [5.74, 6) is 1.00. The van der Waals surface area contributed by atoms with Crippen LogP contribution in [0.1, 0.15) is 58.2 Å². The molecule has 0 saturated heterocycles. The van der Waals surface area contributed by atoms with Crippen LogP contribution in [-0.2, 0) is 4.79 Å². The second-order valence-corrected chi connectivity index (χ2v) is 9.42. The van der Waals surface area contributed by atoms with Gasteiger partial charge in [0, 0.05) is 42.6 Å². The van der Waals surface area contributed by atoms with Gasteiger partial charge in [-0.15, -0.1) is 0 Å². The van der Waals surface area contributed by atoms with Gasteiger partial charge in [0.1, 0.15) is 24.0 Å². The Kier molecular flexibility index (Phi) is 6.83. The van der Waals surface area contributed by atoms with E-state index >= 15 is 0 Å². The molecule has 0 radical (unpaired) electrons. The van der Waals surface area contributed by atoms with E-state index in [1.807, 2.05) is 0 Å². The number of Topliss-reactive ketones (excluding diaryl/α,β-unsaturated/α-hetero) is 1. The van der Waals surface area contributed by atoms with Crippen LogP contribution < -0.4 is 10.1 Å². The number of hydrogen-bond acceptors (Lipinski definition) is 6. The van der Waals surface area contributed by atoms with Crippen molar-refractivity contribution in [3.8, 4) is 28.7 Å². The van der Waals surface area contributed by atoms with Crippen molar-refractivity contribution in [1.29, 1.82) is 0 Å². The van der Waals surface area contributed by atoms with Crippen LogP contribution in [0, 0.1) is 5.82 Å². The SMILES string of the molecule is CC(C)(C)NCCOc1nccc(-c2[nH]c(C3CCC(=O)CC3)nc2-c2ccc(F)cc2)n1. The molecule has 0 bridgehead atoms. The molecule has 0 atom stereocenters. The van der Waals surface area contributed by atoms with Crippen molar-refractivity contribution in [2.75, 3.05) is 13.2 Å². The number of carbonyl (C=O) groups excluding carboxylic acids is 1. The minimum Gasteiger partial charge on any atom is -0.462 e. The van der Waals surface area contributed by atoms with Crippen LogP contribution in [0.5, 0.6) is 6.01 Å². The number of aromatic amines is 1. The van der Waals surface area contributed by atoms with Crippen LogP contribution in [0.15, 0.2) is 36.5 Å². The Morgan fingerprint density at radius 1 is 1.12 bits per heavy atom. The fourth-order valence-electron chi connectivity index (χ4n) is 3.92. The number of imidazole rings is 1. The van der Waals surface area contributed by atoms with E-state index in [1.165, 1.54) is 12.1 Å². The summed E-state index contributed by atoms with van der Waals surface area (Å²) in [5.41, 5.74) is 2.87. The molecule has 0 amide bonds. The third-order valence-corrected chi connectivity index (χ3v) is 5.65. The quantitative estimate of drug-likeness (QED) is 0.507. The van der Waals surface area contributed by atoms with Crippen molar-refractivity contribution in [2.45, 2.75) is 57.9 Å². The maximum atomic E-state index is 13.5. The molecule has 2 heterocycles. The van der Waals surface area contributed by atoms with Crippen molar-refractivity contribution in [3.63, 3.8) is 0 Å². The van der Waals surface area contributed by atoms with E-state index in [0.29, 0.717) is 43.2 Å². The molecule has 0 unspecified atom stereocenters. The molecule has 1 saturated carbocycles. The first-order chi connectivity index (χ1) is 15.8. The molecule has 1 fully saturated rings. The van der Waals surface area contributed by atoms with Gasteiger partial charge in [-0.25, -0.2) is 14.4 Å². The normalized spacial score (nSPS) is 15.1. The van der Waals surface area contributed by atoms with Crippen molar-refractivity contribution in [2.24, 2.45) is 0 Å². The van der Waals surface area contributed by atoms with Crippen LogP contribution >= 0.6 is 0 Å². The number of nitrogens with one attached hydrogen (secondary N) is 2. The zero-order valence-electron chi connectivity index (χ0n) is 19.3. The average molecular weight is 452 g/mol. The molecule has 7 nitrogen and oxygen atoms in total. The predicted octanol–water partition coefficient (Wildman–Crippen LogP) is 4.67. The van der Waals surface area contributed by atoms with Gasteiger partial charge in [-0.2, -0.15) is 4.98 Å². The van der Waals surface area contributed by atoms with Crippen LogP contribution in [0.2, 0.25) is 0 Å². The Labute approximate surface area is 193 Å². The topological polar surface area (TPSA) is 92.8 Å². The first-order valence-electron chi connectivity index (χ1n) is 11.4. The summed E-state index contributed by atoms with van der Waals surface area (Å²) in [5, 5.41) is 3.37. The highest BCUT2D eigenvalue weighted by molar-refractivity contribution is 5.79. The second-order valence-electron chi connectivity index (χ2n) is 9.42. The third-order valence-electron chi connectivity index (χ3n) is 5.65. The number of nitrogens with zero attached hydrogens (tertiary/aromatic N) is 3. The molecule has 2 N–H and O–H groups in total. The van der Waals surface area contributed by atoms with Gasteiger partial charge in [-0.1, -0.05) is 0 Å². The zero-order chi connectivity index (χ0) is 23.4. The van der Waals surface area contributed by atoms with Gasteiger partial charge in [0.25, 0.3) is 0 Å². The van der Waals surface area contributed by atoms with Crippen LogP contribution in [-0.4, -0.2) is 44.4 Å². The van der Waals surface area contributed by atoms with E-state index < -0.39 is 0 Å². The van der Waals surface area contributed by atoms with E-state index in [2.05, 4.69) is 41.0 Å². The number of hydrogen-bond donors (Lipinski definition) is 2. The summed E-state index contributed by atoms with van der Waals surface area (Å²) in [4.78, 5) is 28.8. The second kappa shape index (κ2) is 9.79. The van der Waals surface area contributed by atoms with Crippen LogP contribution in [0.4, 0.5) is 4.39 Å². The minimum atomic E-state index is -0.302. The number of ketones is 1. The summed E-state index contributed by atoms with van der Waals surface area (Å²) in [7, 11) is 0. The van der Waals surface area contributed by atoms with E-state index in [4.69, 9.17) is 9.72 Å². The Bertz CT molecular complexity index is 1090. The van der Waals surface area contributed by atoms with Gasteiger partial charge in [0.15, 0.2) is 0 Å². The Morgan fingerprint density at radius 3 is 2.55 bits per heavy atom. The minimum absolute atomic E-state index is 0.00613. The lowest BCUT2D eigenvalue weighted by molar-refractivity contribution is -0.120. The van der Waals surface area contributed by atoms with Gasteiger partial charge in [0.2, 0.25) is 0 Å². The lowest BCUT2D eigenvalue weighted by Crippen LogP contribution is -2.38. The highest BCUT2D eigenvalue weighted by atomic mass is 19.1. The molecule has 1 aromatic carbocycles. The summed E-state index contributed by atoms with van der Waals surface area (Å²) in [6.07, 6.45) is 4.34. The lowest BCUT2D eigenvalue weighted by atomic mass is 9.88. The van der Waals surface area contributed by atoms with Crippen LogP contribution in [0.25, 0.3) is 22.6 Å². The van der Waals surface area contributed by atoms with Crippen LogP contribution in [0.3, 0.4) is 0 Å².